The first-order valence-electron chi connectivity index (χ1n) is 5.60. The molecule has 0 aliphatic rings. The average Bonchev–Trinajstić information content (AvgIpc) is 2.75. The average molecular weight is 329 g/mol. The monoisotopic (exact) mass is 328 g/mol. The number of nitrogens with zero attached hydrogens (tertiary/aromatic N) is 1. The number of thiophene rings is 1. The molecule has 1 aromatic carbocycles. The zero-order chi connectivity index (χ0) is 13.4. The van der Waals surface area contributed by atoms with Gasteiger partial charge in [-0.1, -0.05) is 34.0 Å². The van der Waals surface area contributed by atoms with Crippen molar-refractivity contribution in [3.8, 4) is 23.6 Å². The highest BCUT2D eigenvalue weighted by Gasteiger charge is 2.10. The van der Waals surface area contributed by atoms with E-state index in [1.165, 1.54) is 11.3 Å². The van der Waals surface area contributed by atoms with Crippen LogP contribution in [0.1, 0.15) is 4.88 Å². The number of pyridine rings is 1. The predicted molar refractivity (Wildman–Crippen MR) is 85.1 cm³/mol. The Hall–Kier alpha value is -1.83. The van der Waals surface area contributed by atoms with E-state index in [0.29, 0.717) is 5.69 Å². The van der Waals surface area contributed by atoms with Gasteiger partial charge < -0.3 is 5.73 Å². The van der Waals surface area contributed by atoms with E-state index >= 15 is 0 Å². The molecule has 0 fully saturated rings. The third kappa shape index (κ3) is 2.12. The van der Waals surface area contributed by atoms with Gasteiger partial charge in [0.05, 0.1) is 11.4 Å². The molecule has 19 heavy (non-hydrogen) atoms. The number of halogens is 1. The largest absolute Gasteiger partial charge is 0.396 e. The van der Waals surface area contributed by atoms with Crippen LogP contribution in [-0.2, 0) is 0 Å². The van der Waals surface area contributed by atoms with Crippen LogP contribution in [0.2, 0.25) is 0 Å². The SMILES string of the molecule is C#Cc1sc2nc(-c3cccc(Br)c3)ccc2c1N. The van der Waals surface area contributed by atoms with Crippen LogP contribution in [0.5, 0.6) is 0 Å². The van der Waals surface area contributed by atoms with Crippen LogP contribution in [0.15, 0.2) is 40.9 Å². The van der Waals surface area contributed by atoms with Crippen molar-refractivity contribution in [2.24, 2.45) is 0 Å². The summed E-state index contributed by atoms with van der Waals surface area (Å²) in [5, 5.41) is 0.927. The molecule has 0 spiro atoms. The Morgan fingerprint density at radius 3 is 2.84 bits per heavy atom. The van der Waals surface area contributed by atoms with E-state index in [1.807, 2.05) is 36.4 Å². The maximum atomic E-state index is 5.98. The molecule has 0 unspecified atom stereocenters. The maximum Gasteiger partial charge on any atom is 0.127 e. The zero-order valence-electron chi connectivity index (χ0n) is 9.85. The topological polar surface area (TPSA) is 38.9 Å². The minimum atomic E-state index is 0.649. The van der Waals surface area contributed by atoms with Gasteiger partial charge >= 0.3 is 0 Å². The fraction of sp³-hybridized carbons (Fsp3) is 0. The number of terminal acetylenes is 1. The highest BCUT2D eigenvalue weighted by molar-refractivity contribution is 9.10. The Morgan fingerprint density at radius 2 is 2.11 bits per heavy atom. The summed E-state index contributed by atoms with van der Waals surface area (Å²) in [5.41, 5.74) is 8.61. The second kappa shape index (κ2) is 4.69. The van der Waals surface area contributed by atoms with Crippen molar-refractivity contribution in [1.82, 2.24) is 4.98 Å². The lowest BCUT2D eigenvalue weighted by Gasteiger charge is -2.01. The Labute approximate surface area is 123 Å². The molecule has 2 nitrogen and oxygen atoms in total. The van der Waals surface area contributed by atoms with Gasteiger partial charge in [0.15, 0.2) is 0 Å². The van der Waals surface area contributed by atoms with Gasteiger partial charge in [0, 0.05) is 15.4 Å². The van der Waals surface area contributed by atoms with Crippen LogP contribution in [0, 0.1) is 12.3 Å². The van der Waals surface area contributed by atoms with E-state index < -0.39 is 0 Å². The Morgan fingerprint density at radius 1 is 1.26 bits per heavy atom. The van der Waals surface area contributed by atoms with Crippen LogP contribution >= 0.6 is 27.3 Å². The van der Waals surface area contributed by atoms with Crippen LogP contribution < -0.4 is 5.73 Å². The van der Waals surface area contributed by atoms with Gasteiger partial charge in [-0.15, -0.1) is 17.8 Å². The highest BCUT2D eigenvalue weighted by atomic mass is 79.9. The molecule has 3 rings (SSSR count). The molecule has 2 heterocycles. The smallest absolute Gasteiger partial charge is 0.127 e. The lowest BCUT2D eigenvalue weighted by Crippen LogP contribution is -1.86. The molecule has 0 saturated carbocycles. The first kappa shape index (κ1) is 12.2. The molecule has 92 valence electrons. The van der Waals surface area contributed by atoms with Gasteiger partial charge in [-0.25, -0.2) is 4.98 Å². The molecule has 0 atom stereocenters. The van der Waals surface area contributed by atoms with Crippen molar-refractivity contribution >= 4 is 43.2 Å². The van der Waals surface area contributed by atoms with E-state index in [9.17, 15) is 0 Å². The normalized spacial score (nSPS) is 10.5. The Balaban J connectivity index is 2.20. The van der Waals surface area contributed by atoms with Gasteiger partial charge in [0.1, 0.15) is 9.71 Å². The lowest BCUT2D eigenvalue weighted by atomic mass is 10.1. The molecule has 3 aromatic rings. The second-order valence-electron chi connectivity index (χ2n) is 4.05. The third-order valence-corrected chi connectivity index (χ3v) is 4.38. The van der Waals surface area contributed by atoms with Gasteiger partial charge in [0.25, 0.3) is 0 Å². The minimum absolute atomic E-state index is 0.649. The van der Waals surface area contributed by atoms with Crippen LogP contribution in [-0.4, -0.2) is 4.98 Å². The molecule has 0 bridgehead atoms. The molecular formula is C15H9BrN2S. The molecule has 0 saturated heterocycles. The summed E-state index contributed by atoms with van der Waals surface area (Å²) in [4.78, 5) is 6.26. The zero-order valence-corrected chi connectivity index (χ0v) is 12.3. The molecule has 0 radical (unpaired) electrons. The molecular weight excluding hydrogens is 320 g/mol. The quantitative estimate of drug-likeness (QED) is 0.677. The summed E-state index contributed by atoms with van der Waals surface area (Å²) in [6.07, 6.45) is 5.43. The Kier molecular flexibility index (Phi) is 3.02. The summed E-state index contributed by atoms with van der Waals surface area (Å²) in [6.45, 7) is 0. The Bertz CT molecular complexity index is 815. The van der Waals surface area contributed by atoms with Crippen LogP contribution in [0.4, 0.5) is 5.69 Å². The number of benzene rings is 1. The summed E-state index contributed by atoms with van der Waals surface area (Å²) >= 11 is 4.92. The third-order valence-electron chi connectivity index (χ3n) is 2.85. The van der Waals surface area contributed by atoms with E-state index in [-0.39, 0.29) is 0 Å². The van der Waals surface area contributed by atoms with E-state index in [1.54, 1.807) is 0 Å². The van der Waals surface area contributed by atoms with Gasteiger partial charge in [-0.2, -0.15) is 0 Å². The summed E-state index contributed by atoms with van der Waals surface area (Å²) in [7, 11) is 0. The molecule has 0 amide bonds. The number of aromatic nitrogens is 1. The van der Waals surface area contributed by atoms with Crippen LogP contribution in [0.3, 0.4) is 0 Å². The molecule has 0 aliphatic heterocycles. The van der Waals surface area contributed by atoms with Crippen molar-refractivity contribution in [3.63, 3.8) is 0 Å². The maximum absolute atomic E-state index is 5.98. The predicted octanol–water partition coefficient (Wildman–Crippen LogP) is 4.29. The first-order valence-corrected chi connectivity index (χ1v) is 7.21. The number of anilines is 1. The summed E-state index contributed by atoms with van der Waals surface area (Å²) < 4.78 is 1.03. The van der Waals surface area contributed by atoms with Gasteiger partial charge in [-0.05, 0) is 24.3 Å². The molecule has 0 aliphatic carbocycles. The second-order valence-corrected chi connectivity index (χ2v) is 5.96. The van der Waals surface area contributed by atoms with Crippen molar-refractivity contribution in [1.29, 1.82) is 0 Å². The van der Waals surface area contributed by atoms with E-state index in [4.69, 9.17) is 12.2 Å². The number of nitrogens with two attached hydrogens (primary N) is 1. The van der Waals surface area contributed by atoms with Crippen molar-refractivity contribution in [3.05, 3.63) is 45.7 Å². The van der Waals surface area contributed by atoms with Gasteiger partial charge in [-0.3, -0.25) is 0 Å². The van der Waals surface area contributed by atoms with Crippen LogP contribution in [0.25, 0.3) is 21.5 Å². The molecule has 4 heteroatoms. The first-order chi connectivity index (χ1) is 9.19. The molecule has 2 N–H and O–H groups in total. The molecule has 2 aromatic heterocycles. The standard InChI is InChI=1S/C15H9BrN2S/c1-2-13-14(17)11-6-7-12(18-15(11)19-13)9-4-3-5-10(16)8-9/h1,3-8H,17H2. The highest BCUT2D eigenvalue weighted by Crippen LogP contribution is 2.33. The van der Waals surface area contributed by atoms with Gasteiger partial charge in [0.2, 0.25) is 0 Å². The lowest BCUT2D eigenvalue weighted by molar-refractivity contribution is 1.42. The minimum Gasteiger partial charge on any atom is -0.396 e. The number of nitrogen functional groups attached to an aromatic ring is 1. The van der Waals surface area contributed by atoms with Crippen molar-refractivity contribution < 1.29 is 0 Å². The fourth-order valence-corrected chi connectivity index (χ4v) is 3.22. The fourth-order valence-electron chi connectivity index (χ4n) is 1.91. The van der Waals surface area contributed by atoms with E-state index in [2.05, 4.69) is 26.8 Å². The number of rotatable bonds is 1. The summed E-state index contributed by atoms with van der Waals surface area (Å²) in [5.74, 6) is 2.60. The van der Waals surface area contributed by atoms with E-state index in [0.717, 1.165) is 30.8 Å². The number of hydrogen-bond acceptors (Lipinski definition) is 3. The number of fused-ring (bicyclic) bond motifs is 1. The summed E-state index contributed by atoms with van der Waals surface area (Å²) in [6, 6.07) is 12.0. The van der Waals surface area contributed by atoms with Crippen molar-refractivity contribution in [2.75, 3.05) is 5.73 Å². The number of hydrogen-bond donors (Lipinski definition) is 1. The van der Waals surface area contributed by atoms with Crippen molar-refractivity contribution in [2.45, 2.75) is 0 Å².